The minimum atomic E-state index is 0.477. The molecule has 1 unspecified atom stereocenters. The minimum Gasteiger partial charge on any atom is -0.194 e. The molecule has 1 atom stereocenters. The van der Waals surface area contributed by atoms with Gasteiger partial charge in [-0.05, 0) is 80.2 Å². The summed E-state index contributed by atoms with van der Waals surface area (Å²) in [4.78, 5) is 0. The lowest BCUT2D eigenvalue weighted by Gasteiger charge is -2.18. The third-order valence-corrected chi connectivity index (χ3v) is 6.74. The van der Waals surface area contributed by atoms with Crippen molar-refractivity contribution < 1.29 is 4.57 Å². The molecule has 3 aromatic rings. The van der Waals surface area contributed by atoms with Crippen LogP contribution in [0.25, 0.3) is 22.2 Å². The van der Waals surface area contributed by atoms with Gasteiger partial charge >= 0.3 is 0 Å². The standard InChI is InChI=1S/C26H32N/c1-17-14-18(2)19(3)23(15-17)25-11-10-22-21(8-7-9-24(22)27(25)6)20-12-13-26(4,5)16-20/h7-11,14-15,20H,12-13,16H2,1-6H3/q+1. The quantitative estimate of drug-likeness (QED) is 0.457. The summed E-state index contributed by atoms with van der Waals surface area (Å²) in [5.74, 6) is 0.692. The van der Waals surface area contributed by atoms with Crippen molar-refractivity contribution in [3.05, 3.63) is 64.7 Å². The van der Waals surface area contributed by atoms with Crippen LogP contribution >= 0.6 is 0 Å². The van der Waals surface area contributed by atoms with E-state index in [9.17, 15) is 0 Å². The highest BCUT2D eigenvalue weighted by molar-refractivity contribution is 5.82. The van der Waals surface area contributed by atoms with Gasteiger partial charge in [-0.15, -0.1) is 0 Å². The van der Waals surface area contributed by atoms with Gasteiger partial charge in [-0.2, -0.15) is 4.57 Å². The van der Waals surface area contributed by atoms with Crippen molar-refractivity contribution in [2.45, 2.75) is 59.8 Å². The molecule has 1 fully saturated rings. The van der Waals surface area contributed by atoms with Crippen LogP contribution in [0.2, 0.25) is 0 Å². The van der Waals surface area contributed by atoms with E-state index in [0.717, 1.165) is 0 Å². The topological polar surface area (TPSA) is 3.88 Å². The summed E-state index contributed by atoms with van der Waals surface area (Å²) >= 11 is 0. The second kappa shape index (κ2) is 6.48. The molecule has 0 radical (unpaired) electrons. The molecule has 1 heteroatoms. The molecule has 4 rings (SSSR count). The first-order chi connectivity index (χ1) is 12.8. The summed E-state index contributed by atoms with van der Waals surface area (Å²) < 4.78 is 2.39. The summed E-state index contributed by atoms with van der Waals surface area (Å²) in [5.41, 5.74) is 10.1. The second-order valence-electron chi connectivity index (χ2n) is 9.42. The Balaban J connectivity index is 1.87. The molecule has 1 nitrogen and oxygen atoms in total. The molecule has 0 N–H and O–H groups in total. The second-order valence-corrected chi connectivity index (χ2v) is 9.42. The van der Waals surface area contributed by atoms with E-state index < -0.39 is 0 Å². The molecule has 1 aliphatic rings. The predicted octanol–water partition coefficient (Wildman–Crippen LogP) is 6.55. The smallest absolute Gasteiger partial charge is 0.194 e. The van der Waals surface area contributed by atoms with Gasteiger partial charge in [0.05, 0.1) is 0 Å². The van der Waals surface area contributed by atoms with Crippen molar-refractivity contribution >= 4 is 10.9 Å². The normalized spacial score (nSPS) is 19.0. The highest BCUT2D eigenvalue weighted by atomic mass is 14.9. The lowest BCUT2D eigenvalue weighted by atomic mass is 9.87. The van der Waals surface area contributed by atoms with E-state index >= 15 is 0 Å². The van der Waals surface area contributed by atoms with Gasteiger partial charge < -0.3 is 0 Å². The van der Waals surface area contributed by atoms with E-state index in [1.54, 1.807) is 0 Å². The largest absolute Gasteiger partial charge is 0.213 e. The third kappa shape index (κ3) is 3.18. The van der Waals surface area contributed by atoms with Crippen LogP contribution in [0.5, 0.6) is 0 Å². The molecule has 0 spiro atoms. The Morgan fingerprint density at radius 3 is 2.48 bits per heavy atom. The van der Waals surface area contributed by atoms with Gasteiger partial charge in [0.25, 0.3) is 0 Å². The van der Waals surface area contributed by atoms with Crippen molar-refractivity contribution in [1.29, 1.82) is 0 Å². The summed E-state index contributed by atoms with van der Waals surface area (Å²) in [6, 6.07) is 16.2. The Morgan fingerprint density at radius 2 is 1.78 bits per heavy atom. The SMILES string of the molecule is Cc1cc(C)c(C)c(-c2ccc3c(C4CCC(C)(C)C4)cccc3[n+]2C)c1. The fourth-order valence-electron chi connectivity index (χ4n) is 5.08. The highest BCUT2D eigenvalue weighted by Crippen LogP contribution is 2.47. The van der Waals surface area contributed by atoms with Crippen LogP contribution in [0.3, 0.4) is 0 Å². The number of pyridine rings is 1. The van der Waals surface area contributed by atoms with Crippen molar-refractivity contribution in [3.8, 4) is 11.3 Å². The zero-order valence-electron chi connectivity index (χ0n) is 17.7. The van der Waals surface area contributed by atoms with E-state index in [4.69, 9.17) is 0 Å². The van der Waals surface area contributed by atoms with Crippen molar-refractivity contribution in [2.24, 2.45) is 12.5 Å². The molecule has 1 aliphatic carbocycles. The molecule has 27 heavy (non-hydrogen) atoms. The first-order valence-electron chi connectivity index (χ1n) is 10.3. The highest BCUT2D eigenvalue weighted by Gasteiger charge is 2.33. The van der Waals surface area contributed by atoms with Gasteiger partial charge in [0, 0.05) is 23.1 Å². The molecule has 1 aromatic heterocycles. The van der Waals surface area contributed by atoms with Gasteiger partial charge in [0.1, 0.15) is 7.05 Å². The molecule has 1 heterocycles. The number of fused-ring (bicyclic) bond motifs is 1. The summed E-state index contributed by atoms with van der Waals surface area (Å²) in [6.07, 6.45) is 3.95. The van der Waals surface area contributed by atoms with Crippen LogP contribution in [0.1, 0.15) is 61.3 Å². The van der Waals surface area contributed by atoms with E-state index in [2.05, 4.69) is 88.7 Å². The van der Waals surface area contributed by atoms with Crippen molar-refractivity contribution in [2.75, 3.05) is 0 Å². The number of aromatic nitrogens is 1. The summed E-state index contributed by atoms with van der Waals surface area (Å²) in [5, 5.41) is 1.42. The Kier molecular flexibility index (Phi) is 4.37. The zero-order chi connectivity index (χ0) is 19.3. The monoisotopic (exact) mass is 358 g/mol. The average molecular weight is 359 g/mol. The van der Waals surface area contributed by atoms with Gasteiger partial charge in [-0.25, -0.2) is 0 Å². The maximum absolute atomic E-state index is 2.42. The molecular weight excluding hydrogens is 326 g/mol. The van der Waals surface area contributed by atoms with Crippen LogP contribution in [0.4, 0.5) is 0 Å². The zero-order valence-corrected chi connectivity index (χ0v) is 17.7. The van der Waals surface area contributed by atoms with Crippen LogP contribution < -0.4 is 4.57 Å². The van der Waals surface area contributed by atoms with Crippen molar-refractivity contribution in [3.63, 3.8) is 0 Å². The van der Waals surface area contributed by atoms with E-state index in [-0.39, 0.29) is 0 Å². The van der Waals surface area contributed by atoms with Gasteiger partial charge in [0.15, 0.2) is 0 Å². The molecular formula is C26H32N+. The van der Waals surface area contributed by atoms with E-state index in [1.165, 1.54) is 63.7 Å². The van der Waals surface area contributed by atoms with Crippen LogP contribution in [0, 0.1) is 26.2 Å². The number of hydrogen-bond acceptors (Lipinski definition) is 0. The van der Waals surface area contributed by atoms with Crippen molar-refractivity contribution in [1.82, 2.24) is 0 Å². The molecule has 2 aromatic carbocycles. The molecule has 0 amide bonds. The number of aryl methyl sites for hydroxylation is 3. The van der Waals surface area contributed by atoms with Gasteiger partial charge in [0.2, 0.25) is 11.2 Å². The third-order valence-electron chi connectivity index (χ3n) is 6.74. The molecule has 0 saturated heterocycles. The Morgan fingerprint density at radius 1 is 1.00 bits per heavy atom. The Labute approximate surface area is 164 Å². The maximum Gasteiger partial charge on any atom is 0.213 e. The maximum atomic E-state index is 2.42. The Hall–Kier alpha value is -2.15. The predicted molar refractivity (Wildman–Crippen MR) is 115 cm³/mol. The van der Waals surface area contributed by atoms with Crippen LogP contribution in [-0.2, 0) is 7.05 Å². The summed E-state index contributed by atoms with van der Waals surface area (Å²) in [6.45, 7) is 11.5. The molecule has 0 aliphatic heterocycles. The number of nitrogens with zero attached hydrogens (tertiary/aromatic N) is 1. The lowest BCUT2D eigenvalue weighted by molar-refractivity contribution is -0.633. The average Bonchev–Trinajstić information content (AvgIpc) is 2.98. The van der Waals surface area contributed by atoms with Crippen LogP contribution in [0.15, 0.2) is 42.5 Å². The Bertz CT molecular complexity index is 1030. The minimum absolute atomic E-state index is 0.477. The number of rotatable bonds is 2. The molecule has 1 saturated carbocycles. The fourth-order valence-corrected chi connectivity index (χ4v) is 5.08. The molecule has 140 valence electrons. The first kappa shape index (κ1) is 18.2. The molecule has 0 bridgehead atoms. The van der Waals surface area contributed by atoms with Crippen LogP contribution in [-0.4, -0.2) is 0 Å². The van der Waals surface area contributed by atoms with E-state index in [1.807, 2.05) is 0 Å². The van der Waals surface area contributed by atoms with E-state index in [0.29, 0.717) is 11.3 Å². The van der Waals surface area contributed by atoms with Gasteiger partial charge in [-0.3, -0.25) is 0 Å². The first-order valence-corrected chi connectivity index (χ1v) is 10.3. The van der Waals surface area contributed by atoms with Gasteiger partial charge in [-0.1, -0.05) is 37.6 Å². The number of benzene rings is 2. The number of hydrogen-bond donors (Lipinski definition) is 0. The lowest BCUT2D eigenvalue weighted by Crippen LogP contribution is -2.32. The summed E-state index contributed by atoms with van der Waals surface area (Å²) in [7, 11) is 2.22. The fraction of sp³-hybridized carbons (Fsp3) is 0.423.